The van der Waals surface area contributed by atoms with Crippen LogP contribution in [-0.2, 0) is 13.1 Å². The summed E-state index contributed by atoms with van der Waals surface area (Å²) in [6.07, 6.45) is 0. The van der Waals surface area contributed by atoms with Crippen LogP contribution in [0.25, 0.3) is 0 Å². The van der Waals surface area contributed by atoms with Gasteiger partial charge in [-0.1, -0.05) is 30.3 Å². The van der Waals surface area contributed by atoms with E-state index in [0.717, 1.165) is 16.7 Å². The van der Waals surface area contributed by atoms with E-state index in [4.69, 9.17) is 5.73 Å². The van der Waals surface area contributed by atoms with E-state index >= 15 is 0 Å². The van der Waals surface area contributed by atoms with Gasteiger partial charge >= 0.3 is 0 Å². The molecule has 0 aliphatic heterocycles. The van der Waals surface area contributed by atoms with Gasteiger partial charge in [0.15, 0.2) is 0 Å². The molecule has 0 bridgehead atoms. The zero-order chi connectivity index (χ0) is 15.4. The molecule has 21 heavy (non-hydrogen) atoms. The molecule has 2 aromatic rings. The lowest BCUT2D eigenvalue weighted by molar-refractivity contribution is 0.0780. The molecule has 0 saturated carbocycles. The van der Waals surface area contributed by atoms with Gasteiger partial charge in [0.1, 0.15) is 5.82 Å². The largest absolute Gasteiger partial charge is 0.337 e. The Bertz CT molecular complexity index is 655. The lowest BCUT2D eigenvalue weighted by Gasteiger charge is -2.19. The van der Waals surface area contributed by atoms with Crippen molar-refractivity contribution in [1.29, 1.82) is 0 Å². The fraction of sp³-hybridized carbons (Fsp3) is 0.235. The van der Waals surface area contributed by atoms with Gasteiger partial charge in [0.2, 0.25) is 0 Å². The van der Waals surface area contributed by atoms with Gasteiger partial charge < -0.3 is 10.6 Å². The molecule has 0 aliphatic carbocycles. The third kappa shape index (κ3) is 3.47. The van der Waals surface area contributed by atoms with E-state index in [2.05, 4.69) is 0 Å². The van der Waals surface area contributed by atoms with Gasteiger partial charge in [0.25, 0.3) is 5.91 Å². The first-order valence-electron chi connectivity index (χ1n) is 6.81. The Labute approximate surface area is 124 Å². The number of aryl methyl sites for hydroxylation is 1. The third-order valence-corrected chi connectivity index (χ3v) is 3.45. The molecule has 1 amide bonds. The first-order chi connectivity index (χ1) is 10.0. The van der Waals surface area contributed by atoms with Crippen LogP contribution in [0, 0.1) is 12.7 Å². The van der Waals surface area contributed by atoms with Crippen molar-refractivity contribution in [3.8, 4) is 0 Å². The van der Waals surface area contributed by atoms with E-state index in [0.29, 0.717) is 13.1 Å². The fourth-order valence-electron chi connectivity index (χ4n) is 2.24. The topological polar surface area (TPSA) is 46.3 Å². The van der Waals surface area contributed by atoms with Crippen molar-refractivity contribution in [2.24, 2.45) is 5.73 Å². The number of carbonyl (C=O) groups is 1. The lowest BCUT2D eigenvalue weighted by atomic mass is 10.1. The summed E-state index contributed by atoms with van der Waals surface area (Å²) in [7, 11) is 1.66. The monoisotopic (exact) mass is 286 g/mol. The highest BCUT2D eigenvalue weighted by Gasteiger charge is 2.17. The minimum absolute atomic E-state index is 0.0910. The van der Waals surface area contributed by atoms with Gasteiger partial charge in [-0.3, -0.25) is 4.79 Å². The quantitative estimate of drug-likeness (QED) is 0.939. The second-order valence-corrected chi connectivity index (χ2v) is 5.12. The van der Waals surface area contributed by atoms with Crippen LogP contribution in [0.15, 0.2) is 42.5 Å². The molecule has 2 rings (SSSR count). The molecule has 0 heterocycles. The smallest absolute Gasteiger partial charge is 0.256 e. The second-order valence-electron chi connectivity index (χ2n) is 5.12. The van der Waals surface area contributed by atoms with Gasteiger partial charge in [-0.15, -0.1) is 0 Å². The number of rotatable bonds is 4. The average Bonchev–Trinajstić information content (AvgIpc) is 2.47. The maximum absolute atomic E-state index is 13.9. The zero-order valence-corrected chi connectivity index (χ0v) is 12.3. The van der Waals surface area contributed by atoms with Gasteiger partial charge in [-0.2, -0.15) is 0 Å². The van der Waals surface area contributed by atoms with Crippen molar-refractivity contribution >= 4 is 5.91 Å². The molecule has 0 aliphatic rings. The van der Waals surface area contributed by atoms with Crippen LogP contribution in [0.4, 0.5) is 4.39 Å². The van der Waals surface area contributed by atoms with Crippen molar-refractivity contribution in [3.05, 3.63) is 70.5 Å². The Morgan fingerprint density at radius 3 is 2.48 bits per heavy atom. The van der Waals surface area contributed by atoms with Gasteiger partial charge in [0.05, 0.1) is 5.56 Å². The summed E-state index contributed by atoms with van der Waals surface area (Å²) < 4.78 is 13.9. The predicted octanol–water partition coefficient (Wildman–Crippen LogP) is 2.87. The van der Waals surface area contributed by atoms with Crippen molar-refractivity contribution in [2.75, 3.05) is 7.05 Å². The summed E-state index contributed by atoms with van der Waals surface area (Å²) in [5, 5.41) is 0. The molecule has 4 heteroatoms. The molecule has 0 saturated heterocycles. The van der Waals surface area contributed by atoms with Crippen LogP contribution < -0.4 is 5.73 Å². The maximum atomic E-state index is 13.9. The van der Waals surface area contributed by atoms with Crippen molar-refractivity contribution in [1.82, 2.24) is 4.90 Å². The van der Waals surface area contributed by atoms with Crippen LogP contribution in [0.2, 0.25) is 0 Å². The Balaban J connectivity index is 2.19. The number of nitrogens with zero attached hydrogens (tertiary/aromatic N) is 1. The number of benzene rings is 2. The third-order valence-electron chi connectivity index (χ3n) is 3.45. The molecule has 0 spiro atoms. The molecular formula is C17H19FN2O. The van der Waals surface area contributed by atoms with Gasteiger partial charge in [0, 0.05) is 20.1 Å². The molecule has 0 unspecified atom stereocenters. The summed E-state index contributed by atoms with van der Waals surface area (Å²) in [5.74, 6) is -0.821. The lowest BCUT2D eigenvalue weighted by Crippen LogP contribution is -2.27. The summed E-state index contributed by atoms with van der Waals surface area (Å²) >= 11 is 0. The molecule has 3 nitrogen and oxygen atoms in total. The standard InChI is InChI=1S/C17H19FN2O/c1-12-7-8-15(16(18)9-12)17(21)20(2)11-14-6-4-3-5-13(14)10-19/h3-9H,10-11,19H2,1-2H3. The molecule has 110 valence electrons. The van der Waals surface area contributed by atoms with Gasteiger partial charge in [-0.05, 0) is 35.7 Å². The molecule has 2 N–H and O–H groups in total. The number of nitrogens with two attached hydrogens (primary N) is 1. The van der Waals surface area contributed by atoms with Crippen molar-refractivity contribution in [3.63, 3.8) is 0 Å². The Morgan fingerprint density at radius 1 is 1.19 bits per heavy atom. The van der Waals surface area contributed by atoms with E-state index in [1.165, 1.54) is 17.0 Å². The van der Waals surface area contributed by atoms with Crippen LogP contribution in [-0.4, -0.2) is 17.9 Å². The maximum Gasteiger partial charge on any atom is 0.256 e. The number of carbonyl (C=O) groups excluding carboxylic acids is 1. The molecule has 2 aromatic carbocycles. The summed E-state index contributed by atoms with van der Waals surface area (Å²) in [5.41, 5.74) is 8.54. The first kappa shape index (κ1) is 15.2. The van der Waals surface area contributed by atoms with Crippen LogP contribution in [0.3, 0.4) is 0 Å². The SMILES string of the molecule is Cc1ccc(C(=O)N(C)Cc2ccccc2CN)c(F)c1. The Hall–Kier alpha value is -2.20. The van der Waals surface area contributed by atoms with E-state index in [1.54, 1.807) is 20.0 Å². The van der Waals surface area contributed by atoms with Crippen LogP contribution in [0.5, 0.6) is 0 Å². The molecular weight excluding hydrogens is 267 g/mol. The fourth-order valence-corrected chi connectivity index (χ4v) is 2.24. The highest BCUT2D eigenvalue weighted by Crippen LogP contribution is 2.15. The molecule has 0 aromatic heterocycles. The number of amides is 1. The van der Waals surface area contributed by atoms with Gasteiger partial charge in [-0.25, -0.2) is 4.39 Å². The highest BCUT2D eigenvalue weighted by molar-refractivity contribution is 5.94. The number of hydrogen-bond donors (Lipinski definition) is 1. The van der Waals surface area contributed by atoms with E-state index in [1.807, 2.05) is 24.3 Å². The highest BCUT2D eigenvalue weighted by atomic mass is 19.1. The summed E-state index contributed by atoms with van der Waals surface area (Å²) in [6.45, 7) is 2.61. The predicted molar refractivity (Wildman–Crippen MR) is 81.3 cm³/mol. The van der Waals surface area contributed by atoms with E-state index in [9.17, 15) is 9.18 Å². The minimum Gasteiger partial charge on any atom is -0.337 e. The van der Waals surface area contributed by atoms with E-state index < -0.39 is 5.82 Å². The number of halogens is 1. The second kappa shape index (κ2) is 6.50. The molecule has 0 radical (unpaired) electrons. The molecule has 0 atom stereocenters. The summed E-state index contributed by atoms with van der Waals surface area (Å²) in [6, 6.07) is 12.3. The number of hydrogen-bond acceptors (Lipinski definition) is 2. The van der Waals surface area contributed by atoms with Crippen molar-refractivity contribution < 1.29 is 9.18 Å². The van der Waals surface area contributed by atoms with Crippen LogP contribution in [0.1, 0.15) is 27.0 Å². The Kier molecular flexibility index (Phi) is 4.70. The zero-order valence-electron chi connectivity index (χ0n) is 12.3. The van der Waals surface area contributed by atoms with Crippen molar-refractivity contribution in [2.45, 2.75) is 20.0 Å². The van der Waals surface area contributed by atoms with E-state index in [-0.39, 0.29) is 11.5 Å². The average molecular weight is 286 g/mol. The van der Waals surface area contributed by atoms with Crippen LogP contribution >= 0.6 is 0 Å². The molecule has 0 fully saturated rings. The minimum atomic E-state index is -0.487. The summed E-state index contributed by atoms with van der Waals surface area (Å²) in [4.78, 5) is 13.8. The first-order valence-corrected chi connectivity index (χ1v) is 6.81. The normalized spacial score (nSPS) is 10.5. The Morgan fingerprint density at radius 2 is 1.86 bits per heavy atom.